The molecule has 3 nitrogen and oxygen atoms in total. The second kappa shape index (κ2) is 4.10. The van der Waals surface area contributed by atoms with Gasteiger partial charge in [0, 0.05) is 13.2 Å². The van der Waals surface area contributed by atoms with Gasteiger partial charge in [-0.1, -0.05) is 18.2 Å². The number of aromatic nitrogens is 2. The van der Waals surface area contributed by atoms with Crippen LogP contribution in [0.3, 0.4) is 0 Å². The molecule has 0 spiro atoms. The Bertz CT molecular complexity index is 500. The van der Waals surface area contributed by atoms with Gasteiger partial charge >= 0.3 is 0 Å². The van der Waals surface area contributed by atoms with Gasteiger partial charge in [0.2, 0.25) is 0 Å². The monoisotopic (exact) mass is 215 g/mol. The highest BCUT2D eigenvalue weighted by molar-refractivity contribution is 5.34. The molecule has 0 radical (unpaired) electrons. The van der Waals surface area contributed by atoms with E-state index in [4.69, 9.17) is 5.73 Å². The Hall–Kier alpha value is -1.61. The topological polar surface area (TPSA) is 43.8 Å². The molecule has 0 aliphatic carbocycles. The average Bonchev–Trinajstić information content (AvgIpc) is 2.68. The summed E-state index contributed by atoms with van der Waals surface area (Å²) in [6.45, 7) is 4.20. The molecule has 16 heavy (non-hydrogen) atoms. The summed E-state index contributed by atoms with van der Waals surface area (Å²) in [5, 5.41) is 4.33. The van der Waals surface area contributed by atoms with E-state index in [0.29, 0.717) is 0 Å². The molecule has 0 aliphatic rings. The van der Waals surface area contributed by atoms with Crippen LogP contribution in [0.2, 0.25) is 0 Å². The molecule has 0 aliphatic heterocycles. The highest BCUT2D eigenvalue weighted by Gasteiger charge is 2.11. The highest BCUT2D eigenvalue weighted by atomic mass is 15.3. The molecule has 3 heteroatoms. The lowest BCUT2D eigenvalue weighted by atomic mass is 10.00. The van der Waals surface area contributed by atoms with Crippen LogP contribution in [-0.4, -0.2) is 9.78 Å². The lowest BCUT2D eigenvalue weighted by Gasteiger charge is -2.11. The molecule has 0 fully saturated rings. The van der Waals surface area contributed by atoms with Gasteiger partial charge in [-0.25, -0.2) is 0 Å². The molecule has 0 saturated heterocycles. The summed E-state index contributed by atoms with van der Waals surface area (Å²) in [5.41, 5.74) is 10.7. The minimum Gasteiger partial charge on any atom is -0.319 e. The Labute approximate surface area is 95.9 Å². The molecule has 1 aromatic heterocycles. The van der Waals surface area contributed by atoms with E-state index < -0.39 is 0 Å². The van der Waals surface area contributed by atoms with Crippen molar-refractivity contribution in [3.8, 4) is 0 Å². The number of nitrogens with two attached hydrogens (primary N) is 1. The van der Waals surface area contributed by atoms with Crippen LogP contribution in [-0.2, 0) is 7.05 Å². The summed E-state index contributed by atoms with van der Waals surface area (Å²) in [7, 11) is 1.90. The lowest BCUT2D eigenvalue weighted by molar-refractivity contribution is 0.715. The van der Waals surface area contributed by atoms with Crippen molar-refractivity contribution in [3.63, 3.8) is 0 Å². The molecule has 0 saturated carbocycles. The highest BCUT2D eigenvalue weighted by Crippen LogP contribution is 2.20. The van der Waals surface area contributed by atoms with Gasteiger partial charge in [-0.15, -0.1) is 0 Å². The van der Waals surface area contributed by atoms with Crippen LogP contribution < -0.4 is 5.73 Å². The van der Waals surface area contributed by atoms with Crippen molar-refractivity contribution < 1.29 is 0 Å². The minimum atomic E-state index is -0.138. The molecule has 1 atom stereocenters. The van der Waals surface area contributed by atoms with Crippen LogP contribution in [0.15, 0.2) is 30.5 Å². The molecule has 0 bridgehead atoms. The average molecular weight is 215 g/mol. The predicted octanol–water partition coefficient (Wildman–Crippen LogP) is 2.09. The van der Waals surface area contributed by atoms with E-state index in [1.54, 1.807) is 4.68 Å². The maximum Gasteiger partial charge on any atom is 0.0837 e. The number of nitrogens with zero attached hydrogens (tertiary/aromatic N) is 2. The Morgan fingerprint density at radius 2 is 1.94 bits per heavy atom. The van der Waals surface area contributed by atoms with E-state index in [0.717, 1.165) is 11.3 Å². The fourth-order valence-corrected chi connectivity index (χ4v) is 1.73. The van der Waals surface area contributed by atoms with Crippen LogP contribution in [0.4, 0.5) is 0 Å². The van der Waals surface area contributed by atoms with Gasteiger partial charge in [0.15, 0.2) is 0 Å². The maximum atomic E-state index is 6.17. The van der Waals surface area contributed by atoms with Gasteiger partial charge < -0.3 is 5.73 Å². The molecular weight excluding hydrogens is 198 g/mol. The first kappa shape index (κ1) is 10.9. The first-order valence-electron chi connectivity index (χ1n) is 5.40. The summed E-state index contributed by atoms with van der Waals surface area (Å²) in [6.07, 6.45) is 1.91. The van der Waals surface area contributed by atoms with Gasteiger partial charge in [-0.2, -0.15) is 5.10 Å². The van der Waals surface area contributed by atoms with Crippen LogP contribution in [0.25, 0.3) is 0 Å². The van der Waals surface area contributed by atoms with Gasteiger partial charge in [-0.05, 0) is 36.6 Å². The summed E-state index contributed by atoms with van der Waals surface area (Å²) in [4.78, 5) is 0. The first-order valence-corrected chi connectivity index (χ1v) is 5.40. The third-order valence-electron chi connectivity index (χ3n) is 2.94. The number of hydrogen-bond acceptors (Lipinski definition) is 2. The lowest BCUT2D eigenvalue weighted by Crippen LogP contribution is -2.13. The fraction of sp³-hybridized carbons (Fsp3) is 0.308. The largest absolute Gasteiger partial charge is 0.319 e. The Kier molecular flexibility index (Phi) is 2.79. The number of aryl methyl sites for hydroxylation is 3. The Morgan fingerprint density at radius 1 is 1.19 bits per heavy atom. The number of rotatable bonds is 2. The van der Waals surface area contributed by atoms with Crippen LogP contribution in [0.1, 0.15) is 28.4 Å². The first-order chi connectivity index (χ1) is 7.58. The standard InChI is InChI=1S/C13H17N3/c1-9-4-5-11(8-10(9)2)13(14)12-6-7-16(3)15-12/h4-8,13H,14H2,1-3H3. The maximum absolute atomic E-state index is 6.17. The quantitative estimate of drug-likeness (QED) is 0.833. The van der Waals surface area contributed by atoms with Gasteiger partial charge in [0.1, 0.15) is 0 Å². The molecule has 84 valence electrons. The Balaban J connectivity index is 2.33. The zero-order valence-electron chi connectivity index (χ0n) is 9.94. The molecule has 1 unspecified atom stereocenters. The van der Waals surface area contributed by atoms with E-state index in [-0.39, 0.29) is 6.04 Å². The van der Waals surface area contributed by atoms with Gasteiger partial charge in [-0.3, -0.25) is 4.68 Å². The zero-order chi connectivity index (χ0) is 11.7. The molecule has 1 heterocycles. The van der Waals surface area contributed by atoms with E-state index in [9.17, 15) is 0 Å². The molecule has 2 N–H and O–H groups in total. The van der Waals surface area contributed by atoms with Crippen molar-refractivity contribution in [1.82, 2.24) is 9.78 Å². The molecule has 0 amide bonds. The third-order valence-corrected chi connectivity index (χ3v) is 2.94. The fourth-order valence-electron chi connectivity index (χ4n) is 1.73. The van der Waals surface area contributed by atoms with Gasteiger partial charge in [0.25, 0.3) is 0 Å². The zero-order valence-corrected chi connectivity index (χ0v) is 9.94. The normalized spacial score (nSPS) is 12.8. The van der Waals surface area contributed by atoms with E-state index in [2.05, 4.69) is 37.1 Å². The molecule has 1 aromatic carbocycles. The summed E-state index contributed by atoms with van der Waals surface area (Å²) in [6, 6.07) is 8.13. The Morgan fingerprint density at radius 3 is 2.50 bits per heavy atom. The summed E-state index contributed by atoms with van der Waals surface area (Å²) < 4.78 is 1.77. The molecule has 2 aromatic rings. The summed E-state index contributed by atoms with van der Waals surface area (Å²) in [5.74, 6) is 0. The SMILES string of the molecule is Cc1ccc(C(N)c2ccn(C)n2)cc1C. The van der Waals surface area contributed by atoms with Crippen molar-refractivity contribution in [2.24, 2.45) is 12.8 Å². The van der Waals surface area contributed by atoms with E-state index >= 15 is 0 Å². The van der Waals surface area contributed by atoms with Crippen LogP contribution in [0, 0.1) is 13.8 Å². The predicted molar refractivity (Wildman–Crippen MR) is 65.2 cm³/mol. The molecular formula is C13H17N3. The van der Waals surface area contributed by atoms with Crippen molar-refractivity contribution >= 4 is 0 Å². The summed E-state index contributed by atoms with van der Waals surface area (Å²) >= 11 is 0. The van der Waals surface area contributed by atoms with Crippen molar-refractivity contribution in [1.29, 1.82) is 0 Å². The van der Waals surface area contributed by atoms with Crippen molar-refractivity contribution in [2.75, 3.05) is 0 Å². The molecule has 2 rings (SSSR count). The second-order valence-corrected chi connectivity index (χ2v) is 4.24. The second-order valence-electron chi connectivity index (χ2n) is 4.24. The van der Waals surface area contributed by atoms with Gasteiger partial charge in [0.05, 0.1) is 11.7 Å². The van der Waals surface area contributed by atoms with Crippen LogP contribution in [0.5, 0.6) is 0 Å². The van der Waals surface area contributed by atoms with E-state index in [1.165, 1.54) is 11.1 Å². The third kappa shape index (κ3) is 1.99. The van der Waals surface area contributed by atoms with E-state index in [1.807, 2.05) is 19.3 Å². The van der Waals surface area contributed by atoms with Crippen molar-refractivity contribution in [3.05, 3.63) is 52.8 Å². The number of benzene rings is 1. The number of hydrogen-bond donors (Lipinski definition) is 1. The van der Waals surface area contributed by atoms with Crippen LogP contribution >= 0.6 is 0 Å². The smallest absolute Gasteiger partial charge is 0.0837 e. The minimum absolute atomic E-state index is 0.138. The van der Waals surface area contributed by atoms with Crippen molar-refractivity contribution in [2.45, 2.75) is 19.9 Å².